The fourth-order valence-corrected chi connectivity index (χ4v) is 3.77. The van der Waals surface area contributed by atoms with E-state index in [2.05, 4.69) is 40.2 Å². The minimum absolute atomic E-state index is 0.0953. The normalized spacial score (nSPS) is 15.0. The lowest BCUT2D eigenvalue weighted by atomic mass is 10.1. The molecule has 3 aromatic carbocycles. The summed E-state index contributed by atoms with van der Waals surface area (Å²) >= 11 is 0. The van der Waals surface area contributed by atoms with Crippen molar-refractivity contribution in [3.63, 3.8) is 0 Å². The predicted octanol–water partition coefficient (Wildman–Crippen LogP) is 4.69. The molecule has 0 bridgehead atoms. The second-order valence-electron chi connectivity index (χ2n) is 6.50. The molecule has 0 aliphatic carbocycles. The van der Waals surface area contributed by atoms with Crippen molar-refractivity contribution in [1.29, 1.82) is 0 Å². The first-order valence-corrected chi connectivity index (χ1v) is 8.85. The molecule has 0 unspecified atom stereocenters. The summed E-state index contributed by atoms with van der Waals surface area (Å²) in [5.41, 5.74) is 5.32. The molecule has 5 rings (SSSR count). The van der Waals surface area contributed by atoms with Crippen LogP contribution < -0.4 is 14.8 Å². The van der Waals surface area contributed by atoms with Crippen LogP contribution in [0.3, 0.4) is 0 Å². The van der Waals surface area contributed by atoms with Crippen molar-refractivity contribution in [2.24, 2.45) is 0 Å². The standard InChI is InChI=1S/C22H19N3O2/c1-26-19-12-11-14(13-20(19)27-2)21-23-16-8-4-3-7-15(16)22-24-17-9-5-6-10-18(17)25(21)22/h3-13,21,23H,1-2H3/t21-/m1/s1. The maximum atomic E-state index is 5.52. The number of imidazole rings is 1. The minimum atomic E-state index is -0.0953. The van der Waals surface area contributed by atoms with Crippen LogP contribution >= 0.6 is 0 Å². The molecular formula is C22H19N3O2. The molecule has 0 saturated heterocycles. The summed E-state index contributed by atoms with van der Waals surface area (Å²) in [6, 6.07) is 22.5. The number of fused-ring (bicyclic) bond motifs is 5. The Bertz CT molecular complexity index is 1150. The average Bonchev–Trinajstić information content (AvgIpc) is 3.12. The zero-order valence-electron chi connectivity index (χ0n) is 15.1. The average molecular weight is 357 g/mol. The van der Waals surface area contributed by atoms with Crippen LogP contribution in [0.2, 0.25) is 0 Å². The summed E-state index contributed by atoms with van der Waals surface area (Å²) in [5.74, 6) is 2.39. The van der Waals surface area contributed by atoms with Crippen LogP contribution in [0.1, 0.15) is 11.7 Å². The number of hydrogen-bond donors (Lipinski definition) is 1. The Balaban J connectivity index is 1.76. The number of aromatic nitrogens is 2. The van der Waals surface area contributed by atoms with Crippen molar-refractivity contribution in [1.82, 2.24) is 9.55 Å². The first-order valence-electron chi connectivity index (χ1n) is 8.85. The lowest BCUT2D eigenvalue weighted by molar-refractivity contribution is 0.354. The molecule has 0 fully saturated rings. The van der Waals surface area contributed by atoms with Gasteiger partial charge in [0.15, 0.2) is 11.5 Å². The van der Waals surface area contributed by atoms with Crippen molar-refractivity contribution in [2.75, 3.05) is 19.5 Å². The lowest BCUT2D eigenvalue weighted by Gasteiger charge is -2.30. The van der Waals surface area contributed by atoms with Crippen LogP contribution in [-0.2, 0) is 0 Å². The molecule has 0 spiro atoms. The first kappa shape index (κ1) is 15.8. The van der Waals surface area contributed by atoms with Crippen LogP contribution in [0.5, 0.6) is 11.5 Å². The Kier molecular flexibility index (Phi) is 3.53. The van der Waals surface area contributed by atoms with E-state index in [0.29, 0.717) is 11.5 Å². The molecule has 1 aromatic heterocycles. The number of ether oxygens (including phenoxy) is 2. The van der Waals surface area contributed by atoms with Crippen LogP contribution in [0, 0.1) is 0 Å². The highest BCUT2D eigenvalue weighted by Crippen LogP contribution is 2.41. The van der Waals surface area contributed by atoms with Crippen LogP contribution in [-0.4, -0.2) is 23.8 Å². The molecule has 0 radical (unpaired) electrons. The van der Waals surface area contributed by atoms with Gasteiger partial charge in [-0.3, -0.25) is 4.57 Å². The van der Waals surface area contributed by atoms with Crippen molar-refractivity contribution in [2.45, 2.75) is 6.17 Å². The van der Waals surface area contributed by atoms with E-state index in [1.807, 2.05) is 36.4 Å². The van der Waals surface area contributed by atoms with Crippen molar-refractivity contribution in [3.05, 3.63) is 72.3 Å². The first-order chi connectivity index (χ1) is 13.3. The molecular weight excluding hydrogens is 338 g/mol. The van der Waals surface area contributed by atoms with Gasteiger partial charge < -0.3 is 14.8 Å². The van der Waals surface area contributed by atoms with Crippen LogP contribution in [0.4, 0.5) is 5.69 Å². The van der Waals surface area contributed by atoms with Gasteiger partial charge in [-0.1, -0.05) is 30.3 Å². The van der Waals surface area contributed by atoms with E-state index >= 15 is 0 Å². The van der Waals surface area contributed by atoms with E-state index in [1.165, 1.54) is 0 Å². The summed E-state index contributed by atoms with van der Waals surface area (Å²) in [6.07, 6.45) is -0.0953. The van der Waals surface area contributed by atoms with Gasteiger partial charge in [0.05, 0.1) is 25.3 Å². The smallest absolute Gasteiger partial charge is 0.161 e. The second kappa shape index (κ2) is 6.06. The van der Waals surface area contributed by atoms with E-state index in [1.54, 1.807) is 14.2 Å². The molecule has 1 aliphatic rings. The van der Waals surface area contributed by atoms with Crippen molar-refractivity contribution >= 4 is 16.7 Å². The van der Waals surface area contributed by atoms with Crippen molar-refractivity contribution < 1.29 is 9.47 Å². The molecule has 0 amide bonds. The maximum Gasteiger partial charge on any atom is 0.161 e. The largest absolute Gasteiger partial charge is 0.493 e. The topological polar surface area (TPSA) is 48.3 Å². The van der Waals surface area contributed by atoms with Gasteiger partial charge in [0.25, 0.3) is 0 Å². The maximum absolute atomic E-state index is 5.52. The molecule has 5 nitrogen and oxygen atoms in total. The van der Waals surface area contributed by atoms with Gasteiger partial charge >= 0.3 is 0 Å². The second-order valence-corrected chi connectivity index (χ2v) is 6.50. The van der Waals surface area contributed by atoms with Gasteiger partial charge in [0, 0.05) is 11.3 Å². The van der Waals surface area contributed by atoms with Gasteiger partial charge in [-0.25, -0.2) is 4.98 Å². The molecule has 27 heavy (non-hydrogen) atoms. The number of para-hydroxylation sites is 3. The van der Waals surface area contributed by atoms with Crippen molar-refractivity contribution in [3.8, 4) is 22.9 Å². The molecule has 1 atom stereocenters. The lowest BCUT2D eigenvalue weighted by Crippen LogP contribution is -2.24. The summed E-state index contributed by atoms with van der Waals surface area (Å²) in [6.45, 7) is 0. The third kappa shape index (κ3) is 2.35. The number of anilines is 1. The Hall–Kier alpha value is -3.47. The zero-order chi connectivity index (χ0) is 18.4. The minimum Gasteiger partial charge on any atom is -0.493 e. The molecule has 4 aromatic rings. The van der Waals surface area contributed by atoms with Gasteiger partial charge in [-0.2, -0.15) is 0 Å². The predicted molar refractivity (Wildman–Crippen MR) is 106 cm³/mol. The number of nitrogens with one attached hydrogen (secondary N) is 1. The molecule has 1 N–H and O–H groups in total. The molecule has 2 heterocycles. The highest BCUT2D eigenvalue weighted by atomic mass is 16.5. The Morgan fingerprint density at radius 3 is 2.52 bits per heavy atom. The molecule has 1 aliphatic heterocycles. The third-order valence-corrected chi connectivity index (χ3v) is 5.04. The van der Waals surface area contributed by atoms with Crippen LogP contribution in [0.15, 0.2) is 66.7 Å². The van der Waals surface area contributed by atoms with Gasteiger partial charge in [0.2, 0.25) is 0 Å². The summed E-state index contributed by atoms with van der Waals surface area (Å²) < 4.78 is 13.2. The van der Waals surface area contributed by atoms with Gasteiger partial charge in [-0.05, 0) is 42.0 Å². The monoisotopic (exact) mass is 357 g/mol. The SMILES string of the molecule is COc1ccc([C@@H]2Nc3ccccc3-c3nc4ccccc4n32)cc1OC. The molecule has 5 heteroatoms. The van der Waals surface area contributed by atoms with E-state index in [0.717, 1.165) is 33.7 Å². The van der Waals surface area contributed by atoms with Gasteiger partial charge in [0.1, 0.15) is 12.0 Å². The zero-order valence-corrected chi connectivity index (χ0v) is 15.1. The quantitative estimate of drug-likeness (QED) is 0.578. The fourth-order valence-electron chi connectivity index (χ4n) is 3.77. The number of hydrogen-bond acceptors (Lipinski definition) is 4. The fraction of sp³-hybridized carbons (Fsp3) is 0.136. The molecule has 0 saturated carbocycles. The number of benzene rings is 3. The number of nitrogens with zero attached hydrogens (tertiary/aromatic N) is 2. The van der Waals surface area contributed by atoms with Crippen LogP contribution in [0.25, 0.3) is 22.4 Å². The third-order valence-electron chi connectivity index (χ3n) is 5.04. The Morgan fingerprint density at radius 2 is 1.67 bits per heavy atom. The summed E-state index contributed by atoms with van der Waals surface area (Å²) in [7, 11) is 3.30. The van der Waals surface area contributed by atoms with E-state index in [4.69, 9.17) is 14.5 Å². The highest BCUT2D eigenvalue weighted by molar-refractivity contribution is 5.86. The van der Waals surface area contributed by atoms with Gasteiger partial charge in [-0.15, -0.1) is 0 Å². The Labute approximate surface area is 157 Å². The van der Waals surface area contributed by atoms with E-state index in [9.17, 15) is 0 Å². The summed E-state index contributed by atoms with van der Waals surface area (Å²) in [4.78, 5) is 4.91. The van der Waals surface area contributed by atoms with E-state index in [-0.39, 0.29) is 6.17 Å². The highest BCUT2D eigenvalue weighted by Gasteiger charge is 2.28. The number of methoxy groups -OCH3 is 2. The Morgan fingerprint density at radius 1 is 0.889 bits per heavy atom. The van der Waals surface area contributed by atoms with E-state index < -0.39 is 0 Å². The molecule has 134 valence electrons. The summed E-state index contributed by atoms with van der Waals surface area (Å²) in [5, 5.41) is 3.66. The number of rotatable bonds is 3.